The molecule has 5 nitrogen and oxygen atoms in total. The summed E-state index contributed by atoms with van der Waals surface area (Å²) in [4.78, 5) is 25.7. The molecule has 0 amide bonds. The molecule has 0 radical (unpaired) electrons. The highest BCUT2D eigenvalue weighted by Gasteiger charge is 2.06. The first kappa shape index (κ1) is 15.8. The third-order valence-corrected chi connectivity index (χ3v) is 3.58. The molecule has 1 aromatic rings. The van der Waals surface area contributed by atoms with Crippen LogP contribution in [0.3, 0.4) is 0 Å². The van der Waals surface area contributed by atoms with Crippen molar-refractivity contribution in [2.24, 2.45) is 5.92 Å². The summed E-state index contributed by atoms with van der Waals surface area (Å²) in [5, 5.41) is 9.16. The van der Waals surface area contributed by atoms with Crippen molar-refractivity contribution < 1.29 is 9.90 Å². The second-order valence-electron chi connectivity index (χ2n) is 4.81. The van der Waals surface area contributed by atoms with Crippen LogP contribution in [0, 0.1) is 5.92 Å². The Balaban J connectivity index is 2.60. The van der Waals surface area contributed by atoms with Gasteiger partial charge in [-0.3, -0.25) is 9.59 Å². The molecule has 0 aromatic carbocycles. The van der Waals surface area contributed by atoms with Crippen LogP contribution in [0.1, 0.15) is 33.1 Å². The zero-order chi connectivity index (χ0) is 14.3. The van der Waals surface area contributed by atoms with E-state index in [1.807, 2.05) is 4.57 Å². The Morgan fingerprint density at radius 2 is 2.21 bits per heavy atom. The fourth-order valence-electron chi connectivity index (χ4n) is 1.66. The van der Waals surface area contributed by atoms with E-state index in [-0.39, 0.29) is 11.3 Å². The third kappa shape index (κ3) is 6.42. The molecule has 0 bridgehead atoms. The van der Waals surface area contributed by atoms with Crippen molar-refractivity contribution in [2.45, 2.75) is 44.8 Å². The summed E-state index contributed by atoms with van der Waals surface area (Å²) in [5.74, 6) is -0.301. The third-order valence-electron chi connectivity index (χ3n) is 2.60. The highest BCUT2D eigenvalue weighted by Crippen LogP contribution is 2.15. The van der Waals surface area contributed by atoms with Crippen molar-refractivity contribution in [3.8, 4) is 0 Å². The molecule has 0 aliphatic rings. The maximum Gasteiger partial charge on any atom is 0.313 e. The zero-order valence-corrected chi connectivity index (χ0v) is 12.2. The van der Waals surface area contributed by atoms with Crippen LogP contribution in [-0.2, 0) is 11.3 Å². The minimum Gasteiger partial charge on any atom is -0.481 e. The molecular formula is C13H20N2O3S. The van der Waals surface area contributed by atoms with Gasteiger partial charge in [-0.05, 0) is 12.3 Å². The van der Waals surface area contributed by atoms with E-state index in [1.54, 1.807) is 6.20 Å². The van der Waals surface area contributed by atoms with Gasteiger partial charge in [0.25, 0.3) is 5.56 Å². The van der Waals surface area contributed by atoms with Crippen molar-refractivity contribution in [1.82, 2.24) is 9.55 Å². The predicted molar refractivity (Wildman–Crippen MR) is 75.5 cm³/mol. The van der Waals surface area contributed by atoms with Crippen LogP contribution >= 0.6 is 11.8 Å². The number of carboxylic acids is 1. The van der Waals surface area contributed by atoms with Gasteiger partial charge in [-0.2, -0.15) is 4.98 Å². The molecular weight excluding hydrogens is 264 g/mol. The van der Waals surface area contributed by atoms with Gasteiger partial charge >= 0.3 is 5.97 Å². The van der Waals surface area contributed by atoms with Crippen LogP contribution in [0.2, 0.25) is 0 Å². The van der Waals surface area contributed by atoms with Crippen LogP contribution in [0.5, 0.6) is 0 Å². The Morgan fingerprint density at radius 3 is 2.84 bits per heavy atom. The monoisotopic (exact) mass is 284 g/mol. The SMILES string of the molecule is CC(C)CCCCn1ccc(=O)nc1SCC(=O)O. The maximum atomic E-state index is 11.2. The molecule has 1 heterocycles. The van der Waals surface area contributed by atoms with E-state index in [4.69, 9.17) is 5.11 Å². The second kappa shape index (κ2) is 7.99. The van der Waals surface area contributed by atoms with Crippen molar-refractivity contribution >= 4 is 17.7 Å². The first-order chi connectivity index (χ1) is 8.99. The van der Waals surface area contributed by atoms with Crippen molar-refractivity contribution in [3.05, 3.63) is 22.6 Å². The quantitative estimate of drug-likeness (QED) is 0.450. The van der Waals surface area contributed by atoms with Gasteiger partial charge in [-0.25, -0.2) is 0 Å². The normalized spacial score (nSPS) is 10.9. The summed E-state index contributed by atoms with van der Waals surface area (Å²) < 4.78 is 1.86. The number of aromatic nitrogens is 2. The molecule has 19 heavy (non-hydrogen) atoms. The summed E-state index contributed by atoms with van der Waals surface area (Å²) in [5.41, 5.74) is -0.327. The highest BCUT2D eigenvalue weighted by atomic mass is 32.2. The molecule has 0 atom stereocenters. The molecule has 1 aromatic heterocycles. The molecule has 0 saturated heterocycles. The molecule has 1 rings (SSSR count). The van der Waals surface area contributed by atoms with Gasteiger partial charge in [0.05, 0.1) is 5.75 Å². The van der Waals surface area contributed by atoms with Crippen LogP contribution in [0.4, 0.5) is 0 Å². The second-order valence-corrected chi connectivity index (χ2v) is 5.76. The lowest BCUT2D eigenvalue weighted by atomic mass is 10.1. The number of rotatable bonds is 8. The molecule has 0 unspecified atom stereocenters. The Labute approximate surface area is 117 Å². The van der Waals surface area contributed by atoms with Crippen LogP contribution in [-0.4, -0.2) is 26.4 Å². The first-order valence-corrected chi connectivity index (χ1v) is 7.39. The number of carbonyl (C=O) groups is 1. The average Bonchev–Trinajstić information content (AvgIpc) is 2.33. The Morgan fingerprint density at radius 1 is 1.47 bits per heavy atom. The Bertz CT molecular complexity index is 471. The van der Waals surface area contributed by atoms with Gasteiger partial charge in [0.2, 0.25) is 0 Å². The lowest BCUT2D eigenvalue weighted by Gasteiger charge is -2.11. The summed E-state index contributed by atoms with van der Waals surface area (Å²) in [6.45, 7) is 5.14. The summed E-state index contributed by atoms with van der Waals surface area (Å²) in [6.07, 6.45) is 4.98. The van der Waals surface area contributed by atoms with Gasteiger partial charge in [-0.1, -0.05) is 38.5 Å². The molecule has 0 fully saturated rings. The van der Waals surface area contributed by atoms with Gasteiger partial charge in [0.15, 0.2) is 5.16 Å². The molecule has 0 aliphatic heterocycles. The number of hydrogen-bond donors (Lipinski definition) is 1. The number of aliphatic carboxylic acids is 1. The summed E-state index contributed by atoms with van der Waals surface area (Å²) in [7, 11) is 0. The van der Waals surface area contributed by atoms with E-state index >= 15 is 0 Å². The predicted octanol–water partition coefficient (Wildman–Crippen LogP) is 2.25. The maximum absolute atomic E-state index is 11.2. The van der Waals surface area contributed by atoms with E-state index < -0.39 is 5.97 Å². The minimum atomic E-state index is -0.908. The van der Waals surface area contributed by atoms with E-state index in [0.717, 1.165) is 31.1 Å². The number of nitrogens with zero attached hydrogens (tertiary/aromatic N) is 2. The van der Waals surface area contributed by atoms with Crippen molar-refractivity contribution in [2.75, 3.05) is 5.75 Å². The molecule has 0 aliphatic carbocycles. The summed E-state index contributed by atoms with van der Waals surface area (Å²) >= 11 is 1.09. The van der Waals surface area contributed by atoms with Gasteiger partial charge in [-0.15, -0.1) is 0 Å². The highest BCUT2D eigenvalue weighted by molar-refractivity contribution is 7.99. The van der Waals surface area contributed by atoms with Crippen LogP contribution < -0.4 is 5.56 Å². The fourth-order valence-corrected chi connectivity index (χ4v) is 2.38. The van der Waals surface area contributed by atoms with Crippen molar-refractivity contribution in [1.29, 1.82) is 0 Å². The van der Waals surface area contributed by atoms with E-state index in [0.29, 0.717) is 11.1 Å². The number of thioether (sulfide) groups is 1. The molecule has 1 N–H and O–H groups in total. The lowest BCUT2D eigenvalue weighted by Crippen LogP contribution is -2.14. The first-order valence-electron chi connectivity index (χ1n) is 6.41. The largest absolute Gasteiger partial charge is 0.481 e. The molecule has 0 saturated carbocycles. The van der Waals surface area contributed by atoms with E-state index in [1.165, 1.54) is 12.5 Å². The number of carboxylic acid groups (broad SMARTS) is 1. The van der Waals surface area contributed by atoms with E-state index in [9.17, 15) is 9.59 Å². The number of unbranched alkanes of at least 4 members (excludes halogenated alkanes) is 1. The Kier molecular flexibility index (Phi) is 6.62. The van der Waals surface area contributed by atoms with Crippen LogP contribution in [0.25, 0.3) is 0 Å². The average molecular weight is 284 g/mol. The smallest absolute Gasteiger partial charge is 0.313 e. The fraction of sp³-hybridized carbons (Fsp3) is 0.615. The Hall–Kier alpha value is -1.30. The van der Waals surface area contributed by atoms with Gasteiger partial charge < -0.3 is 9.67 Å². The van der Waals surface area contributed by atoms with Crippen molar-refractivity contribution in [3.63, 3.8) is 0 Å². The number of hydrogen-bond acceptors (Lipinski definition) is 4. The molecule has 6 heteroatoms. The summed E-state index contributed by atoms with van der Waals surface area (Å²) in [6, 6.07) is 1.41. The minimum absolute atomic E-state index is 0.0809. The van der Waals surface area contributed by atoms with Gasteiger partial charge in [0.1, 0.15) is 0 Å². The van der Waals surface area contributed by atoms with Crippen LogP contribution in [0.15, 0.2) is 22.2 Å². The lowest BCUT2D eigenvalue weighted by molar-refractivity contribution is -0.133. The zero-order valence-electron chi connectivity index (χ0n) is 11.3. The topological polar surface area (TPSA) is 72.2 Å². The van der Waals surface area contributed by atoms with E-state index in [2.05, 4.69) is 18.8 Å². The number of aryl methyl sites for hydroxylation is 1. The van der Waals surface area contributed by atoms with Gasteiger partial charge in [0, 0.05) is 18.8 Å². The molecule has 106 valence electrons. The molecule has 0 spiro atoms. The standard InChI is InChI=1S/C13H20N2O3S/c1-10(2)5-3-4-7-15-8-6-11(16)14-13(15)19-9-12(17)18/h6,8,10H,3-5,7,9H2,1-2H3,(H,17,18).